The molecule has 1 amide bonds. The van der Waals surface area contributed by atoms with Gasteiger partial charge in [0.15, 0.2) is 0 Å². The molecule has 0 radical (unpaired) electrons. The first kappa shape index (κ1) is 10.4. The van der Waals surface area contributed by atoms with Gasteiger partial charge < -0.3 is 15.7 Å². The van der Waals surface area contributed by atoms with Gasteiger partial charge in [-0.2, -0.15) is 0 Å². The molecule has 0 aromatic heterocycles. The van der Waals surface area contributed by atoms with E-state index in [1.54, 1.807) is 0 Å². The van der Waals surface area contributed by atoms with Crippen LogP contribution in [0.4, 0.5) is 0 Å². The number of carbonyl (C=O) groups excluding carboxylic acids is 1. The average Bonchev–Trinajstić information content (AvgIpc) is 2.32. The van der Waals surface area contributed by atoms with Crippen LogP contribution < -0.4 is 5.73 Å². The first-order chi connectivity index (χ1) is 7.09. The van der Waals surface area contributed by atoms with E-state index in [0.29, 0.717) is 25.3 Å². The molecule has 3 N–H and O–H groups in total. The summed E-state index contributed by atoms with van der Waals surface area (Å²) in [5.41, 5.74) is 5.71. The fourth-order valence-electron chi connectivity index (χ4n) is 2.53. The van der Waals surface area contributed by atoms with Crippen LogP contribution in [-0.2, 0) is 9.59 Å². The molecule has 0 aliphatic carbocycles. The van der Waals surface area contributed by atoms with Crippen molar-refractivity contribution in [1.29, 1.82) is 0 Å². The molecular weight excluding hydrogens is 196 g/mol. The summed E-state index contributed by atoms with van der Waals surface area (Å²) >= 11 is 0. The maximum Gasteiger partial charge on any atom is 0.326 e. The van der Waals surface area contributed by atoms with Crippen LogP contribution in [0.25, 0.3) is 0 Å². The minimum atomic E-state index is -0.907. The molecule has 0 aromatic rings. The standard InChI is InChI=1S/C10H16N2O3/c11-7-3-1-6-2-4-8(10(14)15)12(5-6)9(7)13/h6-8H,1-5,11H2,(H,14,15)/t6?,7-,8-/m0/s1. The van der Waals surface area contributed by atoms with E-state index in [-0.39, 0.29) is 5.91 Å². The molecule has 2 aliphatic rings. The van der Waals surface area contributed by atoms with Gasteiger partial charge in [-0.1, -0.05) is 0 Å². The molecule has 0 saturated carbocycles. The Labute approximate surface area is 88.2 Å². The fraction of sp³-hybridized carbons (Fsp3) is 0.800. The second-order valence-electron chi connectivity index (χ2n) is 4.47. The Morgan fingerprint density at radius 2 is 2.00 bits per heavy atom. The van der Waals surface area contributed by atoms with Crippen molar-refractivity contribution in [3.8, 4) is 0 Å². The van der Waals surface area contributed by atoms with Crippen molar-refractivity contribution in [2.75, 3.05) is 6.54 Å². The van der Waals surface area contributed by atoms with Crippen molar-refractivity contribution in [3.63, 3.8) is 0 Å². The first-order valence-electron chi connectivity index (χ1n) is 5.38. The lowest BCUT2D eigenvalue weighted by Crippen LogP contribution is -2.53. The van der Waals surface area contributed by atoms with Gasteiger partial charge in [0, 0.05) is 6.54 Å². The van der Waals surface area contributed by atoms with Crippen LogP contribution in [0, 0.1) is 5.92 Å². The predicted molar refractivity (Wildman–Crippen MR) is 53.1 cm³/mol. The van der Waals surface area contributed by atoms with Crippen LogP contribution in [0.3, 0.4) is 0 Å². The molecule has 0 spiro atoms. The molecule has 1 unspecified atom stereocenters. The van der Waals surface area contributed by atoms with Crippen LogP contribution >= 0.6 is 0 Å². The molecule has 2 saturated heterocycles. The van der Waals surface area contributed by atoms with E-state index in [4.69, 9.17) is 10.8 Å². The number of carbonyl (C=O) groups is 2. The third-order valence-corrected chi connectivity index (χ3v) is 3.45. The highest BCUT2D eigenvalue weighted by Gasteiger charge is 2.39. The lowest BCUT2D eigenvalue weighted by atomic mass is 9.91. The van der Waals surface area contributed by atoms with Gasteiger partial charge in [0.2, 0.25) is 5.91 Å². The summed E-state index contributed by atoms with van der Waals surface area (Å²) in [4.78, 5) is 24.3. The SMILES string of the molecule is N[C@H]1CCC2CC[C@@H](C(=O)O)N(C2)C1=O. The van der Waals surface area contributed by atoms with E-state index in [9.17, 15) is 9.59 Å². The lowest BCUT2D eigenvalue weighted by molar-refractivity contribution is -0.152. The topological polar surface area (TPSA) is 83.6 Å². The maximum absolute atomic E-state index is 11.8. The Kier molecular flexibility index (Phi) is 2.65. The second-order valence-corrected chi connectivity index (χ2v) is 4.47. The molecule has 3 atom stereocenters. The molecular formula is C10H16N2O3. The number of hydrogen-bond donors (Lipinski definition) is 2. The van der Waals surface area contributed by atoms with E-state index >= 15 is 0 Å². The third kappa shape index (κ3) is 1.84. The number of piperidine rings is 1. The Bertz CT molecular complexity index is 292. The molecule has 2 aliphatic heterocycles. The molecule has 2 fully saturated rings. The van der Waals surface area contributed by atoms with E-state index in [2.05, 4.69) is 0 Å². The highest BCUT2D eigenvalue weighted by molar-refractivity contribution is 5.87. The molecule has 5 nitrogen and oxygen atoms in total. The third-order valence-electron chi connectivity index (χ3n) is 3.45. The normalized spacial score (nSPS) is 36.2. The Morgan fingerprint density at radius 3 is 2.67 bits per heavy atom. The van der Waals surface area contributed by atoms with Gasteiger partial charge >= 0.3 is 5.97 Å². The first-order valence-corrected chi connectivity index (χ1v) is 5.38. The number of nitrogens with zero attached hydrogens (tertiary/aromatic N) is 1. The zero-order chi connectivity index (χ0) is 11.0. The average molecular weight is 212 g/mol. The van der Waals surface area contributed by atoms with Gasteiger partial charge in [-0.25, -0.2) is 4.79 Å². The molecule has 84 valence electrons. The number of hydrogen-bond acceptors (Lipinski definition) is 3. The minimum Gasteiger partial charge on any atom is -0.480 e. The van der Waals surface area contributed by atoms with Crippen molar-refractivity contribution < 1.29 is 14.7 Å². The van der Waals surface area contributed by atoms with E-state index in [0.717, 1.165) is 12.8 Å². The minimum absolute atomic E-state index is 0.190. The molecule has 5 heteroatoms. The van der Waals surface area contributed by atoms with E-state index in [1.807, 2.05) is 0 Å². The zero-order valence-corrected chi connectivity index (χ0v) is 8.56. The van der Waals surface area contributed by atoms with Crippen molar-refractivity contribution >= 4 is 11.9 Å². The van der Waals surface area contributed by atoms with E-state index < -0.39 is 18.1 Å². The summed E-state index contributed by atoms with van der Waals surface area (Å²) in [6.45, 7) is 0.573. The number of amides is 1. The smallest absolute Gasteiger partial charge is 0.326 e. The number of aliphatic carboxylic acids is 1. The summed E-state index contributed by atoms with van der Waals surface area (Å²) in [6.07, 6.45) is 3.09. The summed E-state index contributed by atoms with van der Waals surface area (Å²) in [7, 11) is 0. The second kappa shape index (κ2) is 3.81. The lowest BCUT2D eigenvalue weighted by Gasteiger charge is -2.35. The zero-order valence-electron chi connectivity index (χ0n) is 8.56. The number of carboxylic acid groups (broad SMARTS) is 1. The van der Waals surface area contributed by atoms with Crippen molar-refractivity contribution in [2.45, 2.75) is 37.8 Å². The number of fused-ring (bicyclic) bond motifs is 2. The Balaban J connectivity index is 2.21. The van der Waals surface area contributed by atoms with Crippen LogP contribution in [0.2, 0.25) is 0 Å². The largest absolute Gasteiger partial charge is 0.480 e. The summed E-state index contributed by atoms with van der Waals surface area (Å²) in [5.74, 6) is -0.654. The van der Waals surface area contributed by atoms with Crippen LogP contribution in [-0.4, -0.2) is 40.5 Å². The molecule has 0 aromatic carbocycles. The van der Waals surface area contributed by atoms with Gasteiger partial charge in [-0.05, 0) is 31.6 Å². The van der Waals surface area contributed by atoms with Crippen molar-refractivity contribution in [1.82, 2.24) is 4.90 Å². The van der Waals surface area contributed by atoms with Crippen molar-refractivity contribution in [2.24, 2.45) is 11.7 Å². The summed E-state index contributed by atoms with van der Waals surface area (Å²) in [6, 6.07) is -1.16. The van der Waals surface area contributed by atoms with Crippen LogP contribution in [0.5, 0.6) is 0 Å². The Morgan fingerprint density at radius 1 is 1.33 bits per heavy atom. The number of carboxylic acids is 1. The molecule has 2 rings (SSSR count). The number of rotatable bonds is 1. The summed E-state index contributed by atoms with van der Waals surface area (Å²) < 4.78 is 0. The molecule has 2 heterocycles. The monoisotopic (exact) mass is 212 g/mol. The van der Waals surface area contributed by atoms with Gasteiger partial charge in [-0.3, -0.25) is 4.79 Å². The van der Waals surface area contributed by atoms with Crippen molar-refractivity contribution in [3.05, 3.63) is 0 Å². The predicted octanol–water partition coefficient (Wildman–Crippen LogP) is -0.201. The summed E-state index contributed by atoms with van der Waals surface area (Å²) in [5, 5.41) is 9.01. The molecule has 2 bridgehead atoms. The van der Waals surface area contributed by atoms with Gasteiger partial charge in [0.25, 0.3) is 0 Å². The van der Waals surface area contributed by atoms with Gasteiger partial charge in [-0.15, -0.1) is 0 Å². The maximum atomic E-state index is 11.8. The van der Waals surface area contributed by atoms with Crippen LogP contribution in [0.1, 0.15) is 25.7 Å². The van der Waals surface area contributed by atoms with Gasteiger partial charge in [0.1, 0.15) is 6.04 Å². The highest BCUT2D eigenvalue weighted by Crippen LogP contribution is 2.29. The van der Waals surface area contributed by atoms with Gasteiger partial charge in [0.05, 0.1) is 6.04 Å². The number of nitrogens with two attached hydrogens (primary N) is 1. The quantitative estimate of drug-likeness (QED) is 0.630. The highest BCUT2D eigenvalue weighted by atomic mass is 16.4. The van der Waals surface area contributed by atoms with Crippen LogP contribution in [0.15, 0.2) is 0 Å². The Hall–Kier alpha value is -1.10. The van der Waals surface area contributed by atoms with E-state index in [1.165, 1.54) is 4.90 Å². The molecule has 15 heavy (non-hydrogen) atoms. The fourth-order valence-corrected chi connectivity index (χ4v) is 2.53.